The van der Waals surface area contributed by atoms with Crippen LogP contribution in [0.3, 0.4) is 0 Å². The number of hydrogen-bond donors (Lipinski definition) is 0. The van der Waals surface area contributed by atoms with Crippen LogP contribution in [0.1, 0.15) is 13.3 Å². The zero-order valence-corrected chi connectivity index (χ0v) is 6.08. The Morgan fingerprint density at radius 2 is 2.30 bits per heavy atom. The van der Waals surface area contributed by atoms with Gasteiger partial charge in [0.05, 0.1) is 0 Å². The van der Waals surface area contributed by atoms with Crippen molar-refractivity contribution in [1.82, 2.24) is 4.57 Å². The minimum Gasteiger partial charge on any atom is -0.316 e. The van der Waals surface area contributed by atoms with Gasteiger partial charge in [-0.15, -0.1) is 0 Å². The van der Waals surface area contributed by atoms with E-state index in [1.165, 1.54) is 0 Å². The van der Waals surface area contributed by atoms with Crippen molar-refractivity contribution in [2.24, 2.45) is 0 Å². The molecule has 1 heterocycles. The van der Waals surface area contributed by atoms with Crippen molar-refractivity contribution >= 4 is 0 Å². The van der Waals surface area contributed by atoms with Gasteiger partial charge < -0.3 is 4.57 Å². The number of aromatic nitrogens is 1. The number of aryl methyl sites for hydroxylation is 1. The van der Waals surface area contributed by atoms with Crippen LogP contribution in [0.25, 0.3) is 0 Å². The van der Waals surface area contributed by atoms with Gasteiger partial charge in [-0.25, -0.2) is 0 Å². The molecule has 0 amide bonds. The third kappa shape index (κ3) is 1.47. The van der Waals surface area contributed by atoms with Crippen molar-refractivity contribution < 1.29 is 0 Å². The first-order chi connectivity index (χ1) is 4.84. The van der Waals surface area contributed by atoms with Gasteiger partial charge in [0, 0.05) is 18.8 Å². The highest BCUT2D eigenvalue weighted by molar-refractivity contribution is 4.92. The van der Waals surface area contributed by atoms with Crippen molar-refractivity contribution in [2.45, 2.75) is 19.9 Å². The molecule has 0 aromatic carbocycles. The van der Waals surface area contributed by atoms with Gasteiger partial charge in [-0.3, -0.25) is 4.79 Å². The summed E-state index contributed by atoms with van der Waals surface area (Å²) in [6, 6.07) is 5.21. The molecule has 0 aliphatic heterocycles. The second kappa shape index (κ2) is 3.20. The van der Waals surface area contributed by atoms with E-state index in [1.807, 2.05) is 12.3 Å². The van der Waals surface area contributed by atoms with E-state index in [1.54, 1.807) is 16.7 Å². The van der Waals surface area contributed by atoms with Gasteiger partial charge in [0.2, 0.25) is 5.56 Å². The molecular weight excluding hydrogens is 126 g/mol. The van der Waals surface area contributed by atoms with E-state index in [-0.39, 0.29) is 5.56 Å². The highest BCUT2D eigenvalue weighted by Gasteiger charge is 1.88. The smallest absolute Gasteiger partial charge is 0.250 e. The molecule has 54 valence electrons. The fraction of sp³-hybridized carbons (Fsp3) is 0.375. The SMILES string of the molecule is CCCn1ccccc1=O. The second-order valence-corrected chi connectivity index (χ2v) is 2.23. The molecule has 0 aliphatic rings. The lowest BCUT2D eigenvalue weighted by Gasteiger charge is -1.99. The van der Waals surface area contributed by atoms with E-state index in [9.17, 15) is 4.79 Å². The lowest BCUT2D eigenvalue weighted by atomic mass is 10.4. The maximum atomic E-state index is 11.0. The maximum Gasteiger partial charge on any atom is 0.250 e. The molecule has 0 fully saturated rings. The summed E-state index contributed by atoms with van der Waals surface area (Å²) in [6.07, 6.45) is 2.82. The van der Waals surface area contributed by atoms with Crippen LogP contribution >= 0.6 is 0 Å². The monoisotopic (exact) mass is 137 g/mol. The minimum absolute atomic E-state index is 0.0874. The standard InChI is InChI=1S/C8H11NO/c1-2-6-9-7-4-3-5-8(9)10/h3-5,7H,2,6H2,1H3. The summed E-state index contributed by atoms with van der Waals surface area (Å²) < 4.78 is 1.71. The molecule has 0 N–H and O–H groups in total. The Morgan fingerprint density at radius 3 is 2.90 bits per heavy atom. The molecule has 1 rings (SSSR count). The van der Waals surface area contributed by atoms with Gasteiger partial charge in [-0.05, 0) is 12.5 Å². The van der Waals surface area contributed by atoms with Gasteiger partial charge >= 0.3 is 0 Å². The van der Waals surface area contributed by atoms with Crippen LogP contribution in [0.15, 0.2) is 29.2 Å². The van der Waals surface area contributed by atoms with Crippen molar-refractivity contribution in [3.8, 4) is 0 Å². The van der Waals surface area contributed by atoms with E-state index in [2.05, 4.69) is 6.92 Å². The number of hydrogen-bond acceptors (Lipinski definition) is 1. The summed E-state index contributed by atoms with van der Waals surface area (Å²) in [5.41, 5.74) is 0.0874. The maximum absolute atomic E-state index is 11.0. The van der Waals surface area contributed by atoms with Crippen LogP contribution in [0.4, 0.5) is 0 Å². The van der Waals surface area contributed by atoms with E-state index < -0.39 is 0 Å². The molecule has 0 radical (unpaired) electrons. The molecule has 0 spiro atoms. The molecule has 0 saturated carbocycles. The second-order valence-electron chi connectivity index (χ2n) is 2.23. The van der Waals surface area contributed by atoms with Crippen molar-refractivity contribution in [2.75, 3.05) is 0 Å². The number of rotatable bonds is 2. The molecule has 1 aromatic heterocycles. The average Bonchev–Trinajstić information content (AvgIpc) is 1.94. The van der Waals surface area contributed by atoms with Crippen molar-refractivity contribution in [3.05, 3.63) is 34.7 Å². The predicted octanol–water partition coefficient (Wildman–Crippen LogP) is 1.26. The summed E-state index contributed by atoms with van der Waals surface area (Å²) in [4.78, 5) is 11.0. The van der Waals surface area contributed by atoms with Gasteiger partial charge in [0.1, 0.15) is 0 Å². The van der Waals surface area contributed by atoms with E-state index in [4.69, 9.17) is 0 Å². The first-order valence-electron chi connectivity index (χ1n) is 3.50. The third-order valence-corrected chi connectivity index (χ3v) is 1.36. The molecule has 0 bridgehead atoms. The summed E-state index contributed by atoms with van der Waals surface area (Å²) in [6.45, 7) is 2.87. The van der Waals surface area contributed by atoms with Crippen LogP contribution in [-0.4, -0.2) is 4.57 Å². The molecule has 0 aliphatic carbocycles. The summed E-state index contributed by atoms with van der Waals surface area (Å²) >= 11 is 0. The van der Waals surface area contributed by atoms with E-state index in [0.717, 1.165) is 13.0 Å². The lowest BCUT2D eigenvalue weighted by Crippen LogP contribution is -2.16. The Bertz CT molecular complexity index is 251. The van der Waals surface area contributed by atoms with Crippen LogP contribution < -0.4 is 5.56 Å². The highest BCUT2D eigenvalue weighted by Crippen LogP contribution is 1.84. The zero-order chi connectivity index (χ0) is 7.40. The Hall–Kier alpha value is -1.05. The first-order valence-corrected chi connectivity index (χ1v) is 3.50. The normalized spacial score (nSPS) is 9.70. The van der Waals surface area contributed by atoms with Crippen molar-refractivity contribution in [1.29, 1.82) is 0 Å². The highest BCUT2D eigenvalue weighted by atomic mass is 16.1. The summed E-state index contributed by atoms with van der Waals surface area (Å²) in [5.74, 6) is 0. The Kier molecular flexibility index (Phi) is 2.26. The average molecular weight is 137 g/mol. The summed E-state index contributed by atoms with van der Waals surface area (Å²) in [5, 5.41) is 0. The fourth-order valence-electron chi connectivity index (χ4n) is 0.886. The van der Waals surface area contributed by atoms with Gasteiger partial charge in [-0.2, -0.15) is 0 Å². The number of pyridine rings is 1. The van der Waals surface area contributed by atoms with Crippen LogP contribution in [0.2, 0.25) is 0 Å². The third-order valence-electron chi connectivity index (χ3n) is 1.36. The van der Waals surface area contributed by atoms with Crippen LogP contribution in [0.5, 0.6) is 0 Å². The topological polar surface area (TPSA) is 22.0 Å². The largest absolute Gasteiger partial charge is 0.316 e. The fourth-order valence-corrected chi connectivity index (χ4v) is 0.886. The molecule has 0 unspecified atom stereocenters. The van der Waals surface area contributed by atoms with E-state index >= 15 is 0 Å². The molecule has 0 atom stereocenters. The Morgan fingerprint density at radius 1 is 1.50 bits per heavy atom. The molecule has 10 heavy (non-hydrogen) atoms. The molecule has 2 nitrogen and oxygen atoms in total. The first kappa shape index (κ1) is 7.06. The van der Waals surface area contributed by atoms with Gasteiger partial charge in [0.15, 0.2) is 0 Å². The van der Waals surface area contributed by atoms with Crippen LogP contribution in [0, 0.1) is 0 Å². The minimum atomic E-state index is 0.0874. The van der Waals surface area contributed by atoms with Gasteiger partial charge in [-0.1, -0.05) is 13.0 Å². The molecule has 1 aromatic rings. The van der Waals surface area contributed by atoms with Crippen LogP contribution in [-0.2, 0) is 6.54 Å². The summed E-state index contributed by atoms with van der Waals surface area (Å²) in [7, 11) is 0. The lowest BCUT2D eigenvalue weighted by molar-refractivity contribution is 0.654. The quantitative estimate of drug-likeness (QED) is 0.601. The molecule has 2 heteroatoms. The van der Waals surface area contributed by atoms with E-state index in [0.29, 0.717) is 0 Å². The number of nitrogens with zero attached hydrogens (tertiary/aromatic N) is 1. The van der Waals surface area contributed by atoms with Crippen molar-refractivity contribution in [3.63, 3.8) is 0 Å². The molecular formula is C8H11NO. The Balaban J connectivity index is 2.92. The van der Waals surface area contributed by atoms with Gasteiger partial charge in [0.25, 0.3) is 0 Å². The molecule has 0 saturated heterocycles. The Labute approximate surface area is 60.1 Å². The zero-order valence-electron chi connectivity index (χ0n) is 6.08. The predicted molar refractivity (Wildman–Crippen MR) is 41.0 cm³/mol.